The molecule has 3 fully saturated rings. The Hall–Kier alpha value is -2.88. The van der Waals surface area contributed by atoms with Crippen LogP contribution in [0.3, 0.4) is 0 Å². The second-order valence-electron chi connectivity index (χ2n) is 8.72. The summed E-state index contributed by atoms with van der Waals surface area (Å²) >= 11 is 0. The molecule has 0 spiro atoms. The van der Waals surface area contributed by atoms with Crippen molar-refractivity contribution in [3.8, 4) is 6.07 Å². The van der Waals surface area contributed by atoms with Crippen molar-refractivity contribution in [2.24, 2.45) is 11.8 Å². The van der Waals surface area contributed by atoms with Crippen molar-refractivity contribution in [1.29, 1.82) is 5.26 Å². The van der Waals surface area contributed by atoms with Crippen molar-refractivity contribution < 1.29 is 9.53 Å². The minimum atomic E-state index is -0.440. The summed E-state index contributed by atoms with van der Waals surface area (Å²) in [4.78, 5) is 18.1. The van der Waals surface area contributed by atoms with Crippen molar-refractivity contribution in [2.45, 2.75) is 37.1 Å². The molecule has 6 nitrogen and oxygen atoms in total. The molecule has 0 radical (unpaired) electrons. The highest BCUT2D eigenvalue weighted by atomic mass is 16.5. The number of hydrogen-bond donors (Lipinski definition) is 1. The van der Waals surface area contributed by atoms with Crippen molar-refractivity contribution in [3.05, 3.63) is 66.2 Å². The van der Waals surface area contributed by atoms with Gasteiger partial charge in [-0.05, 0) is 30.5 Å². The third-order valence-electron chi connectivity index (χ3n) is 7.21. The van der Waals surface area contributed by atoms with Gasteiger partial charge in [0.05, 0.1) is 25.3 Å². The summed E-state index contributed by atoms with van der Waals surface area (Å²) in [6, 6.07) is 22.6. The van der Waals surface area contributed by atoms with Crippen LogP contribution in [0.5, 0.6) is 0 Å². The summed E-state index contributed by atoms with van der Waals surface area (Å²) in [6.45, 7) is 1.92. The van der Waals surface area contributed by atoms with E-state index in [4.69, 9.17) is 4.74 Å². The largest absolute Gasteiger partial charge is 0.469 e. The van der Waals surface area contributed by atoms with Crippen LogP contribution in [0, 0.1) is 23.2 Å². The second-order valence-corrected chi connectivity index (χ2v) is 8.72. The molecule has 0 aromatic heterocycles. The third kappa shape index (κ3) is 3.38. The number of nitriles is 1. The number of methoxy groups -OCH3 is 1. The van der Waals surface area contributed by atoms with Gasteiger partial charge >= 0.3 is 5.97 Å². The van der Waals surface area contributed by atoms with Gasteiger partial charge in [-0.25, -0.2) is 0 Å². The Labute approximate surface area is 183 Å². The number of nitrogens with one attached hydrogen (secondary N) is 1. The van der Waals surface area contributed by atoms with E-state index in [1.54, 1.807) is 0 Å². The van der Waals surface area contributed by atoms with Gasteiger partial charge in [0.25, 0.3) is 0 Å². The van der Waals surface area contributed by atoms with Crippen LogP contribution in [0.4, 0.5) is 5.69 Å². The molecule has 6 atom stereocenters. The van der Waals surface area contributed by atoms with Gasteiger partial charge in [-0.2, -0.15) is 5.26 Å². The van der Waals surface area contributed by atoms with Crippen molar-refractivity contribution in [1.82, 2.24) is 10.2 Å². The van der Waals surface area contributed by atoms with Gasteiger partial charge in [0, 0.05) is 36.8 Å². The van der Waals surface area contributed by atoms with E-state index in [-0.39, 0.29) is 24.1 Å². The molecule has 3 aliphatic heterocycles. The van der Waals surface area contributed by atoms with E-state index in [9.17, 15) is 10.1 Å². The van der Waals surface area contributed by atoms with Gasteiger partial charge in [-0.1, -0.05) is 48.5 Å². The molecule has 3 heterocycles. The molecule has 1 N–H and O–H groups in total. The number of ether oxygens (including phenoxy) is 1. The fourth-order valence-electron chi connectivity index (χ4n) is 5.93. The third-order valence-corrected chi connectivity index (χ3v) is 7.21. The highest BCUT2D eigenvalue weighted by Gasteiger charge is 2.57. The minimum absolute atomic E-state index is 0.0233. The molecule has 5 rings (SSSR count). The van der Waals surface area contributed by atoms with Crippen molar-refractivity contribution in [3.63, 3.8) is 0 Å². The maximum Gasteiger partial charge on any atom is 0.311 e. The molecule has 31 heavy (non-hydrogen) atoms. The van der Waals surface area contributed by atoms with E-state index in [2.05, 4.69) is 45.5 Å². The normalized spacial score (nSPS) is 32.6. The summed E-state index contributed by atoms with van der Waals surface area (Å²) < 4.78 is 5.30. The molecule has 0 unspecified atom stereocenters. The summed E-state index contributed by atoms with van der Waals surface area (Å²) in [6.07, 6.45) is 2.29. The molecule has 0 bridgehead atoms. The van der Waals surface area contributed by atoms with Crippen LogP contribution in [0.2, 0.25) is 0 Å². The number of anilines is 1. The predicted molar refractivity (Wildman–Crippen MR) is 118 cm³/mol. The standard InChI is InChI=1S/C25H28N4O2/c1-31-25(30)22-21(20(15-26)27-23(22)17-9-4-2-5-10-17)24-28-14-8-13-19(28)16-29(24)18-11-6-3-7-12-18/h2-7,9-12,19-24,27H,8,13-14,16H2,1H3/t19-,20-,21-,22+,23+,24-/m0/s1. The highest BCUT2D eigenvalue weighted by Crippen LogP contribution is 2.46. The van der Waals surface area contributed by atoms with Crippen LogP contribution >= 0.6 is 0 Å². The van der Waals surface area contributed by atoms with Crippen LogP contribution in [0.15, 0.2) is 60.7 Å². The van der Waals surface area contributed by atoms with E-state index in [0.717, 1.165) is 37.2 Å². The van der Waals surface area contributed by atoms with E-state index in [1.807, 2.05) is 36.4 Å². The topological polar surface area (TPSA) is 68.6 Å². The van der Waals surface area contributed by atoms with Gasteiger partial charge in [-0.3, -0.25) is 15.0 Å². The lowest BCUT2D eigenvalue weighted by Crippen LogP contribution is -2.51. The second kappa shape index (κ2) is 8.33. The first-order chi connectivity index (χ1) is 15.2. The zero-order valence-corrected chi connectivity index (χ0v) is 17.7. The zero-order valence-electron chi connectivity index (χ0n) is 17.7. The molecule has 3 saturated heterocycles. The summed E-state index contributed by atoms with van der Waals surface area (Å²) in [7, 11) is 1.45. The lowest BCUT2D eigenvalue weighted by Gasteiger charge is -2.38. The smallest absolute Gasteiger partial charge is 0.311 e. The number of fused-ring (bicyclic) bond motifs is 1. The Bertz CT molecular complexity index is 960. The Kier molecular flexibility index (Phi) is 5.39. The summed E-state index contributed by atoms with van der Waals surface area (Å²) in [5, 5.41) is 13.6. The molecule has 3 aliphatic rings. The monoisotopic (exact) mass is 416 g/mol. The molecule has 0 amide bonds. The molecular weight excluding hydrogens is 388 g/mol. The first-order valence-corrected chi connectivity index (χ1v) is 11.1. The number of carbonyl (C=O) groups excluding carboxylic acids is 1. The molecular formula is C25H28N4O2. The number of esters is 1. The Morgan fingerprint density at radius 2 is 1.84 bits per heavy atom. The van der Waals surface area contributed by atoms with Crippen LogP contribution in [0.25, 0.3) is 0 Å². The number of hydrogen-bond acceptors (Lipinski definition) is 6. The zero-order chi connectivity index (χ0) is 21.4. The molecule has 0 aliphatic carbocycles. The SMILES string of the molecule is COC(=O)[C@@H]1[C@@H]([C@@H]2N(c3ccccc3)C[C@@H]3CCCN32)[C@H](C#N)N[C@@H]1c1ccccc1. The number of rotatable bonds is 4. The number of benzene rings is 2. The number of carbonyl (C=O) groups is 1. The molecule has 160 valence electrons. The quantitative estimate of drug-likeness (QED) is 0.773. The average Bonchev–Trinajstić information content (AvgIpc) is 3.52. The number of nitrogens with zero attached hydrogens (tertiary/aromatic N) is 3. The van der Waals surface area contributed by atoms with E-state index >= 15 is 0 Å². The van der Waals surface area contributed by atoms with Crippen LogP contribution in [0.1, 0.15) is 24.4 Å². The molecule has 2 aromatic carbocycles. The Balaban J connectivity index is 1.59. The minimum Gasteiger partial charge on any atom is -0.469 e. The maximum absolute atomic E-state index is 13.2. The van der Waals surface area contributed by atoms with Crippen LogP contribution in [-0.4, -0.2) is 49.3 Å². The first kappa shape index (κ1) is 20.0. The van der Waals surface area contributed by atoms with Gasteiger partial charge < -0.3 is 9.64 Å². The van der Waals surface area contributed by atoms with E-state index in [0.29, 0.717) is 6.04 Å². The Morgan fingerprint density at radius 3 is 2.52 bits per heavy atom. The maximum atomic E-state index is 13.2. The van der Waals surface area contributed by atoms with Crippen molar-refractivity contribution in [2.75, 3.05) is 25.1 Å². The highest BCUT2D eigenvalue weighted by molar-refractivity contribution is 5.75. The lowest BCUT2D eigenvalue weighted by molar-refractivity contribution is -0.148. The van der Waals surface area contributed by atoms with Crippen molar-refractivity contribution >= 4 is 11.7 Å². The fraction of sp³-hybridized carbons (Fsp3) is 0.440. The van der Waals surface area contributed by atoms with Gasteiger partial charge in [0.2, 0.25) is 0 Å². The van der Waals surface area contributed by atoms with Gasteiger partial charge in [0.15, 0.2) is 0 Å². The molecule has 2 aromatic rings. The van der Waals surface area contributed by atoms with Gasteiger partial charge in [0.1, 0.15) is 6.04 Å². The molecule has 0 saturated carbocycles. The van der Waals surface area contributed by atoms with Gasteiger partial charge in [-0.15, -0.1) is 0 Å². The average molecular weight is 417 g/mol. The summed E-state index contributed by atoms with van der Waals surface area (Å²) in [5.41, 5.74) is 2.16. The van der Waals surface area contributed by atoms with E-state index in [1.165, 1.54) is 7.11 Å². The predicted octanol–water partition coefficient (Wildman–Crippen LogP) is 2.94. The molecule has 6 heteroatoms. The summed E-state index contributed by atoms with van der Waals surface area (Å²) in [5.74, 6) is -0.890. The Morgan fingerprint density at radius 1 is 1.13 bits per heavy atom. The van der Waals surface area contributed by atoms with Crippen LogP contribution in [-0.2, 0) is 9.53 Å². The lowest BCUT2D eigenvalue weighted by atomic mass is 9.82. The first-order valence-electron chi connectivity index (χ1n) is 11.1. The fourth-order valence-corrected chi connectivity index (χ4v) is 5.93. The van der Waals surface area contributed by atoms with E-state index < -0.39 is 12.0 Å². The van der Waals surface area contributed by atoms with Crippen LogP contribution < -0.4 is 10.2 Å². The number of para-hydroxylation sites is 1.